The van der Waals surface area contributed by atoms with E-state index in [4.69, 9.17) is 9.84 Å². The zero-order chi connectivity index (χ0) is 13.8. The maximum atomic E-state index is 11.4. The van der Waals surface area contributed by atoms with Crippen LogP contribution in [0.3, 0.4) is 0 Å². The predicted molar refractivity (Wildman–Crippen MR) is 61.6 cm³/mol. The van der Waals surface area contributed by atoms with Gasteiger partial charge in [-0.2, -0.15) is 0 Å². The highest BCUT2D eigenvalue weighted by Crippen LogP contribution is 2.11. The summed E-state index contributed by atoms with van der Waals surface area (Å²) >= 11 is 0. The molecule has 0 heterocycles. The number of hydrogen-bond acceptors (Lipinski definition) is 4. The fourth-order valence-corrected chi connectivity index (χ4v) is 1.13. The van der Waals surface area contributed by atoms with Crippen molar-refractivity contribution in [1.82, 2.24) is 5.32 Å². The van der Waals surface area contributed by atoms with Gasteiger partial charge in [-0.15, -0.1) is 0 Å². The van der Waals surface area contributed by atoms with E-state index in [1.54, 1.807) is 27.7 Å². The molecule has 0 aromatic carbocycles. The molecule has 3 N–H and O–H groups in total. The minimum Gasteiger partial charge on any atom is -0.480 e. The van der Waals surface area contributed by atoms with Crippen molar-refractivity contribution in [3.8, 4) is 0 Å². The van der Waals surface area contributed by atoms with Gasteiger partial charge < -0.3 is 20.3 Å². The Labute approximate surface area is 101 Å². The van der Waals surface area contributed by atoms with Crippen molar-refractivity contribution in [1.29, 1.82) is 0 Å². The molecule has 0 saturated heterocycles. The van der Waals surface area contributed by atoms with Crippen LogP contribution in [0.1, 0.15) is 34.6 Å². The fraction of sp³-hybridized carbons (Fsp3) is 0.818. The van der Waals surface area contributed by atoms with E-state index in [2.05, 4.69) is 5.32 Å². The predicted octanol–water partition coefficient (Wildman–Crippen LogP) is 0.981. The lowest BCUT2D eigenvalue weighted by Gasteiger charge is -2.26. The number of aliphatic hydroxyl groups is 1. The van der Waals surface area contributed by atoms with Crippen LogP contribution >= 0.6 is 0 Å². The maximum Gasteiger partial charge on any atom is 0.408 e. The number of nitrogens with one attached hydrogen (secondary N) is 1. The molecule has 0 rings (SSSR count). The summed E-state index contributed by atoms with van der Waals surface area (Å²) in [6, 6.07) is -1.18. The molecule has 6 heteroatoms. The lowest BCUT2D eigenvalue weighted by molar-refractivity contribution is -0.142. The molecular formula is C11H21NO5. The summed E-state index contributed by atoms with van der Waals surface area (Å²) in [6.45, 7) is 8.06. The molecule has 0 saturated carbocycles. The molecule has 1 amide bonds. The van der Waals surface area contributed by atoms with E-state index in [-0.39, 0.29) is 0 Å². The summed E-state index contributed by atoms with van der Waals surface area (Å²) < 4.78 is 4.95. The molecule has 6 nitrogen and oxygen atoms in total. The number of aliphatic hydroxyl groups excluding tert-OH is 1. The molecule has 0 aromatic rings. The molecule has 0 aliphatic heterocycles. The second-order valence-corrected chi connectivity index (χ2v) is 5.06. The van der Waals surface area contributed by atoms with Crippen LogP contribution in [0.5, 0.6) is 0 Å². The van der Waals surface area contributed by atoms with Gasteiger partial charge >= 0.3 is 12.1 Å². The highest BCUT2D eigenvalue weighted by molar-refractivity contribution is 5.80. The highest BCUT2D eigenvalue weighted by atomic mass is 16.6. The van der Waals surface area contributed by atoms with E-state index in [1.165, 1.54) is 6.92 Å². The molecule has 100 valence electrons. The minimum absolute atomic E-state index is 0.611. The summed E-state index contributed by atoms with van der Waals surface area (Å²) in [5, 5.41) is 20.5. The minimum atomic E-state index is -1.20. The van der Waals surface area contributed by atoms with E-state index in [0.717, 1.165) is 0 Å². The molecule has 0 bridgehead atoms. The highest BCUT2D eigenvalue weighted by Gasteiger charge is 2.31. The molecule has 0 aliphatic carbocycles. The third kappa shape index (κ3) is 6.11. The number of amides is 1. The second kappa shape index (κ2) is 5.86. The Morgan fingerprint density at radius 3 is 2.00 bits per heavy atom. The summed E-state index contributed by atoms with van der Waals surface area (Å²) in [4.78, 5) is 22.4. The molecule has 0 aliphatic rings. The monoisotopic (exact) mass is 247 g/mol. The van der Waals surface area contributed by atoms with Crippen molar-refractivity contribution < 1.29 is 24.5 Å². The fourth-order valence-electron chi connectivity index (χ4n) is 1.13. The summed E-state index contributed by atoms with van der Waals surface area (Å²) in [6.07, 6.45) is -1.65. The molecule has 3 atom stereocenters. The van der Waals surface area contributed by atoms with Crippen LogP contribution in [0.15, 0.2) is 0 Å². The average Bonchev–Trinajstić information content (AvgIpc) is 2.09. The first kappa shape index (κ1) is 15.7. The number of alkyl carbamates (subject to hydrolysis) is 1. The van der Waals surface area contributed by atoms with Crippen LogP contribution in [0, 0.1) is 5.92 Å². The van der Waals surface area contributed by atoms with E-state index < -0.39 is 35.7 Å². The van der Waals surface area contributed by atoms with Crippen molar-refractivity contribution in [3.05, 3.63) is 0 Å². The number of carbonyl (C=O) groups is 2. The lowest BCUT2D eigenvalue weighted by atomic mass is 9.97. The molecule has 0 radical (unpaired) electrons. The zero-order valence-corrected chi connectivity index (χ0v) is 10.9. The van der Waals surface area contributed by atoms with Crippen molar-refractivity contribution in [2.75, 3.05) is 0 Å². The zero-order valence-electron chi connectivity index (χ0n) is 10.9. The Balaban J connectivity index is 4.57. The van der Waals surface area contributed by atoms with Crippen molar-refractivity contribution in [2.45, 2.75) is 52.4 Å². The first-order valence-electron chi connectivity index (χ1n) is 5.45. The Bertz CT molecular complexity index is 282. The van der Waals surface area contributed by atoms with E-state index in [1.807, 2.05) is 0 Å². The van der Waals surface area contributed by atoms with Gasteiger partial charge in [0.1, 0.15) is 11.6 Å². The van der Waals surface area contributed by atoms with Crippen LogP contribution in [0.2, 0.25) is 0 Å². The van der Waals surface area contributed by atoms with Gasteiger partial charge in [0.25, 0.3) is 0 Å². The van der Waals surface area contributed by atoms with E-state index in [0.29, 0.717) is 0 Å². The van der Waals surface area contributed by atoms with Gasteiger partial charge in [0.05, 0.1) is 6.10 Å². The van der Waals surface area contributed by atoms with Gasteiger partial charge in [0, 0.05) is 5.92 Å². The number of carbonyl (C=O) groups excluding carboxylic acids is 1. The van der Waals surface area contributed by atoms with Crippen LogP contribution in [0.25, 0.3) is 0 Å². The quantitative estimate of drug-likeness (QED) is 0.688. The van der Waals surface area contributed by atoms with Gasteiger partial charge in [0.15, 0.2) is 0 Å². The van der Waals surface area contributed by atoms with Gasteiger partial charge in [-0.25, -0.2) is 9.59 Å². The average molecular weight is 247 g/mol. The number of ether oxygens (including phenoxy) is 1. The van der Waals surface area contributed by atoms with Crippen molar-refractivity contribution >= 4 is 12.1 Å². The maximum absolute atomic E-state index is 11.4. The van der Waals surface area contributed by atoms with E-state index >= 15 is 0 Å². The number of hydrogen-bond donors (Lipinski definition) is 3. The smallest absolute Gasteiger partial charge is 0.408 e. The van der Waals surface area contributed by atoms with Gasteiger partial charge in [0.2, 0.25) is 0 Å². The molecule has 0 spiro atoms. The van der Waals surface area contributed by atoms with Crippen LogP contribution < -0.4 is 5.32 Å². The summed E-state index contributed by atoms with van der Waals surface area (Å²) in [5.74, 6) is -1.82. The number of carboxylic acid groups (broad SMARTS) is 1. The first-order chi connectivity index (χ1) is 7.54. The molecule has 3 unspecified atom stereocenters. The Kier molecular flexibility index (Phi) is 5.41. The van der Waals surface area contributed by atoms with Crippen molar-refractivity contribution in [2.24, 2.45) is 5.92 Å². The molecule has 0 aromatic heterocycles. The normalized spacial score (nSPS) is 16.8. The lowest BCUT2D eigenvalue weighted by Crippen LogP contribution is -2.49. The van der Waals surface area contributed by atoms with E-state index in [9.17, 15) is 14.7 Å². The first-order valence-corrected chi connectivity index (χ1v) is 5.45. The summed E-state index contributed by atoms with van der Waals surface area (Å²) in [5.41, 5.74) is -0.693. The largest absolute Gasteiger partial charge is 0.480 e. The number of carboxylic acids is 1. The number of rotatable bonds is 4. The third-order valence-electron chi connectivity index (χ3n) is 2.22. The third-order valence-corrected chi connectivity index (χ3v) is 2.22. The molecular weight excluding hydrogens is 226 g/mol. The number of aliphatic carboxylic acids is 1. The summed E-state index contributed by atoms with van der Waals surface area (Å²) in [7, 11) is 0. The Hall–Kier alpha value is -1.30. The Morgan fingerprint density at radius 2 is 1.71 bits per heavy atom. The standard InChI is InChI=1S/C11H21NO5/c1-6(7(2)13)8(9(14)15)12-10(16)17-11(3,4)5/h6-8,13H,1-5H3,(H,12,16)(H,14,15). The van der Waals surface area contributed by atoms with Crippen molar-refractivity contribution in [3.63, 3.8) is 0 Å². The van der Waals surface area contributed by atoms with Crippen LogP contribution in [-0.2, 0) is 9.53 Å². The van der Waals surface area contributed by atoms with Gasteiger partial charge in [-0.3, -0.25) is 0 Å². The van der Waals surface area contributed by atoms with Gasteiger partial charge in [-0.1, -0.05) is 6.92 Å². The molecule has 0 fully saturated rings. The topological polar surface area (TPSA) is 95.9 Å². The molecule has 17 heavy (non-hydrogen) atoms. The van der Waals surface area contributed by atoms with Crippen LogP contribution in [0.4, 0.5) is 4.79 Å². The Morgan fingerprint density at radius 1 is 1.24 bits per heavy atom. The SMILES string of the molecule is CC(O)C(C)C(NC(=O)OC(C)(C)C)C(=O)O. The second-order valence-electron chi connectivity index (χ2n) is 5.06. The van der Waals surface area contributed by atoms with Crippen LogP contribution in [-0.4, -0.2) is 40.0 Å². The van der Waals surface area contributed by atoms with Gasteiger partial charge in [-0.05, 0) is 27.7 Å².